The zero-order valence-electron chi connectivity index (χ0n) is 21.6. The number of rotatable bonds is 8. The van der Waals surface area contributed by atoms with Crippen LogP contribution < -0.4 is 9.04 Å². The molecule has 0 unspecified atom stereocenters. The molecule has 0 amide bonds. The zero-order valence-corrected chi connectivity index (χ0v) is 23.5. The second-order valence-electron chi connectivity index (χ2n) is 9.62. The molecule has 3 aromatic carbocycles. The van der Waals surface area contributed by atoms with Crippen LogP contribution in [0.5, 0.6) is 5.75 Å². The third kappa shape index (κ3) is 7.27. The number of benzene rings is 3. The Morgan fingerprint density at radius 2 is 1.78 bits per heavy atom. The average molecular weight is 531 g/mol. The fourth-order valence-electron chi connectivity index (χ4n) is 3.41. The molecular formula is C28H30N4O3SSi. The van der Waals surface area contributed by atoms with Gasteiger partial charge in [0.1, 0.15) is 5.75 Å². The van der Waals surface area contributed by atoms with Crippen molar-refractivity contribution in [3.63, 3.8) is 0 Å². The maximum absolute atomic E-state index is 13.9. The summed E-state index contributed by atoms with van der Waals surface area (Å²) in [5.41, 5.74) is 11.7. The first-order chi connectivity index (χ1) is 17.5. The van der Waals surface area contributed by atoms with Crippen molar-refractivity contribution < 1.29 is 13.2 Å². The predicted octanol–water partition coefficient (Wildman–Crippen LogP) is 7.50. The van der Waals surface area contributed by atoms with Gasteiger partial charge >= 0.3 is 0 Å². The van der Waals surface area contributed by atoms with E-state index in [1.54, 1.807) is 54.6 Å². The van der Waals surface area contributed by atoms with Crippen molar-refractivity contribution in [2.75, 3.05) is 11.4 Å². The normalized spacial score (nSPS) is 11.4. The predicted molar refractivity (Wildman–Crippen MR) is 153 cm³/mol. The summed E-state index contributed by atoms with van der Waals surface area (Å²) in [6, 6.07) is 22.5. The minimum absolute atomic E-state index is 0.120. The van der Waals surface area contributed by atoms with Gasteiger partial charge in [-0.25, -0.2) is 8.42 Å². The molecule has 0 saturated carbocycles. The Bertz CT molecular complexity index is 1510. The molecule has 0 saturated heterocycles. The number of hydrogen-bond acceptors (Lipinski definition) is 4. The molecule has 0 aliphatic heterocycles. The highest BCUT2D eigenvalue weighted by Gasteiger charge is 2.25. The van der Waals surface area contributed by atoms with Crippen molar-refractivity contribution in [1.82, 2.24) is 0 Å². The molecule has 37 heavy (non-hydrogen) atoms. The fourth-order valence-corrected chi connectivity index (χ4v) is 5.51. The highest BCUT2D eigenvalue weighted by molar-refractivity contribution is 7.93. The monoisotopic (exact) mass is 530 g/mol. The SMILES string of the molecule is COc1ccc(N=[N+]=[N-])c(C#CN(c2ccccc2/C=C/C[Si](C)(C)C)S(=O)(=O)c2ccc(C)cc2)c1. The van der Waals surface area contributed by atoms with Gasteiger partial charge in [-0.3, -0.25) is 0 Å². The number of para-hydroxylation sites is 1. The molecular weight excluding hydrogens is 500 g/mol. The number of hydrogen-bond donors (Lipinski definition) is 0. The number of aryl methyl sites for hydroxylation is 1. The number of methoxy groups -OCH3 is 1. The number of ether oxygens (including phenoxy) is 1. The molecule has 190 valence electrons. The fraction of sp³-hybridized carbons (Fsp3) is 0.214. The van der Waals surface area contributed by atoms with Gasteiger partial charge in [-0.05, 0) is 66.4 Å². The van der Waals surface area contributed by atoms with Crippen LogP contribution in [0.3, 0.4) is 0 Å². The summed E-state index contributed by atoms with van der Waals surface area (Å²) >= 11 is 0. The van der Waals surface area contributed by atoms with E-state index >= 15 is 0 Å². The number of azide groups is 1. The minimum atomic E-state index is -4.06. The van der Waals surface area contributed by atoms with Crippen LogP contribution in [0, 0.1) is 18.9 Å². The Morgan fingerprint density at radius 3 is 2.43 bits per heavy atom. The molecule has 3 aromatic rings. The van der Waals surface area contributed by atoms with Crippen LogP contribution in [0.1, 0.15) is 16.7 Å². The third-order valence-electron chi connectivity index (χ3n) is 5.39. The quantitative estimate of drug-likeness (QED) is 0.0753. The van der Waals surface area contributed by atoms with E-state index in [0.29, 0.717) is 17.0 Å². The lowest BCUT2D eigenvalue weighted by molar-refractivity contribution is 0.414. The summed E-state index contributed by atoms with van der Waals surface area (Å²) in [5.74, 6) is 3.40. The molecule has 0 fully saturated rings. The molecule has 0 bridgehead atoms. The second-order valence-corrected chi connectivity index (χ2v) is 16.9. The van der Waals surface area contributed by atoms with Gasteiger partial charge in [-0.1, -0.05) is 72.8 Å². The van der Waals surface area contributed by atoms with Crippen molar-refractivity contribution in [2.24, 2.45) is 5.11 Å². The van der Waals surface area contributed by atoms with E-state index in [2.05, 4.69) is 47.7 Å². The smallest absolute Gasteiger partial charge is 0.275 e. The van der Waals surface area contributed by atoms with E-state index in [4.69, 9.17) is 10.3 Å². The lowest BCUT2D eigenvalue weighted by Crippen LogP contribution is -2.27. The van der Waals surface area contributed by atoms with Crippen molar-refractivity contribution in [2.45, 2.75) is 37.5 Å². The van der Waals surface area contributed by atoms with E-state index in [9.17, 15) is 8.42 Å². The van der Waals surface area contributed by atoms with Gasteiger partial charge < -0.3 is 4.74 Å². The molecule has 0 N–H and O–H groups in total. The largest absolute Gasteiger partial charge is 0.497 e. The first kappa shape index (κ1) is 27.6. The van der Waals surface area contributed by atoms with Crippen LogP contribution in [0.2, 0.25) is 25.7 Å². The Labute approximate surface area is 220 Å². The number of nitrogens with zero attached hydrogens (tertiary/aromatic N) is 4. The lowest BCUT2D eigenvalue weighted by Gasteiger charge is -2.20. The summed E-state index contributed by atoms with van der Waals surface area (Å²) in [5, 5.41) is 3.69. The standard InChI is InChI=1S/C28H30N4O3SSi/c1-22-12-15-26(16-13-22)36(33,34)32(19-18-24-21-25(35-2)14-17-27(24)30-31-29)28-11-7-6-9-23(28)10-8-20-37(3,4)5/h6-17,21H,20H2,1-5H3/b10-8+. The molecule has 0 atom stereocenters. The number of allylic oxidation sites excluding steroid dienone is 1. The Morgan fingerprint density at radius 1 is 1.08 bits per heavy atom. The molecule has 0 aliphatic carbocycles. The molecule has 3 rings (SSSR count). The second kappa shape index (κ2) is 11.8. The molecule has 0 radical (unpaired) electrons. The van der Waals surface area contributed by atoms with Crippen LogP contribution >= 0.6 is 0 Å². The Hall–Kier alpha value is -3.96. The maximum atomic E-state index is 13.9. The molecule has 9 heteroatoms. The first-order valence-electron chi connectivity index (χ1n) is 11.7. The highest BCUT2D eigenvalue weighted by atomic mass is 32.2. The summed E-state index contributed by atoms with van der Waals surface area (Å²) in [4.78, 5) is 2.98. The van der Waals surface area contributed by atoms with Crippen molar-refractivity contribution in [1.29, 1.82) is 0 Å². The van der Waals surface area contributed by atoms with Gasteiger partial charge in [0.2, 0.25) is 0 Å². The highest BCUT2D eigenvalue weighted by Crippen LogP contribution is 2.29. The summed E-state index contributed by atoms with van der Waals surface area (Å²) in [6.07, 6.45) is 4.04. The van der Waals surface area contributed by atoms with E-state index in [1.807, 2.05) is 25.1 Å². The van der Waals surface area contributed by atoms with Crippen LogP contribution in [0.15, 0.2) is 82.8 Å². The average Bonchev–Trinajstić information content (AvgIpc) is 2.85. The van der Waals surface area contributed by atoms with Crippen molar-refractivity contribution in [3.8, 4) is 17.7 Å². The van der Waals surface area contributed by atoms with Crippen LogP contribution in [0.25, 0.3) is 16.5 Å². The van der Waals surface area contributed by atoms with Crippen LogP contribution in [0.4, 0.5) is 11.4 Å². The topological polar surface area (TPSA) is 95.4 Å². The first-order valence-corrected chi connectivity index (χ1v) is 16.8. The van der Waals surface area contributed by atoms with Crippen LogP contribution in [-0.2, 0) is 10.0 Å². The van der Waals surface area contributed by atoms with Crippen LogP contribution in [-0.4, -0.2) is 23.6 Å². The Balaban J connectivity index is 2.22. The van der Waals surface area contributed by atoms with Gasteiger partial charge in [-0.15, -0.1) is 0 Å². The van der Waals surface area contributed by atoms with E-state index in [1.165, 1.54) is 7.11 Å². The maximum Gasteiger partial charge on any atom is 0.275 e. The van der Waals surface area contributed by atoms with E-state index in [0.717, 1.165) is 21.5 Å². The number of anilines is 1. The van der Waals surface area contributed by atoms with Gasteiger partial charge in [0.25, 0.3) is 10.0 Å². The molecule has 0 heterocycles. The van der Waals surface area contributed by atoms with Gasteiger partial charge in [-0.2, -0.15) is 4.31 Å². The van der Waals surface area contributed by atoms with Gasteiger partial charge in [0, 0.05) is 24.6 Å². The van der Waals surface area contributed by atoms with E-state index < -0.39 is 18.1 Å². The molecule has 0 spiro atoms. The number of sulfonamides is 1. The molecule has 0 aliphatic rings. The van der Waals surface area contributed by atoms with Crippen molar-refractivity contribution in [3.05, 3.63) is 99.9 Å². The van der Waals surface area contributed by atoms with Gasteiger partial charge in [0.05, 0.1) is 23.4 Å². The summed E-state index contributed by atoms with van der Waals surface area (Å²) in [6.45, 7) is 8.72. The Kier molecular flexibility index (Phi) is 8.84. The van der Waals surface area contributed by atoms with E-state index in [-0.39, 0.29) is 10.6 Å². The summed E-state index contributed by atoms with van der Waals surface area (Å²) in [7, 11) is -3.88. The van der Waals surface area contributed by atoms with Crippen molar-refractivity contribution >= 4 is 35.5 Å². The van der Waals surface area contributed by atoms with Gasteiger partial charge in [0.15, 0.2) is 0 Å². The summed E-state index contributed by atoms with van der Waals surface area (Å²) < 4.78 is 34.1. The minimum Gasteiger partial charge on any atom is -0.497 e. The lowest BCUT2D eigenvalue weighted by atomic mass is 10.1. The molecule has 7 nitrogen and oxygen atoms in total. The zero-order chi connectivity index (χ0) is 27.1. The third-order valence-corrected chi connectivity index (χ3v) is 8.49. The molecule has 0 aromatic heterocycles.